The van der Waals surface area contributed by atoms with Gasteiger partial charge < -0.3 is 53.0 Å². The summed E-state index contributed by atoms with van der Waals surface area (Å²) in [7, 11) is -8.23. The number of urea groups is 1. The third kappa shape index (κ3) is 19.1. The van der Waals surface area contributed by atoms with Gasteiger partial charge in [-0.3, -0.25) is 38.5 Å². The van der Waals surface area contributed by atoms with E-state index < -0.39 is 96.0 Å². The second-order valence-electron chi connectivity index (χ2n) is 25.3. The number of nitrogens with zero attached hydrogens (tertiary/aromatic N) is 4. The number of ketones is 1. The zero-order valence-electron chi connectivity index (χ0n) is 55.0. The Kier molecular flexibility index (Phi) is 24.6. The Morgan fingerprint density at radius 2 is 1.40 bits per heavy atom. The highest BCUT2D eigenvalue weighted by atomic mass is 32.2. The number of aryl methyl sites for hydroxylation is 2. The molecule has 10 N–H and O–H groups in total. The quantitative estimate of drug-likeness (QED) is 0.0179. The molecule has 0 radical (unpaired) electrons. The van der Waals surface area contributed by atoms with Crippen LogP contribution in [0, 0.1) is 25.7 Å². The molecule has 8 amide bonds. The van der Waals surface area contributed by atoms with E-state index in [0.29, 0.717) is 73.1 Å². The Balaban J connectivity index is 0.825. The van der Waals surface area contributed by atoms with Crippen LogP contribution in [0.5, 0.6) is 0 Å². The van der Waals surface area contributed by atoms with Gasteiger partial charge in [0, 0.05) is 86.5 Å². The van der Waals surface area contributed by atoms with Crippen LogP contribution >= 0.6 is 0 Å². The largest absolute Gasteiger partial charge is 0.395 e. The van der Waals surface area contributed by atoms with Gasteiger partial charge in [-0.1, -0.05) is 86.8 Å². The standard InChI is InChI=1S/C70H87N11O13S2/c1-6-32-80(34-35-82)66(87)50-36-49-21-22-53(39-59(49)77-60(71)38-50)70(28-29-70)68(89)76-54-37-51-41-81(33-27-57(51)75-40-54)67(88)58(11-10-31-74-69(72)90)78-65(86)62(44(2)3)79-61(83)12-8-7-9-30-73-64(85)48-19-17-47(18-20-48)63(84)52(42-95(91,92)55-23-13-45(4)14-24-55)43-96(93,94)56-25-15-46(5)16-26-56/h13-26,36-37,39-40,44,52,58,62,82H,6-12,27-35,38,41-43H2,1-5H3,(H2,71,77)(H,73,85)(H,76,89)(H,78,86)(H,79,83)(H3,72,74,90)/t58-,62-/m0/s1. The van der Waals surface area contributed by atoms with E-state index in [9.17, 15) is 60.3 Å². The summed E-state index contributed by atoms with van der Waals surface area (Å²) in [5.41, 5.74) is 16.9. The van der Waals surface area contributed by atoms with Crippen LogP contribution in [-0.2, 0) is 62.0 Å². The number of nitrogens with one attached hydrogen (secondary N) is 5. The highest BCUT2D eigenvalue weighted by Crippen LogP contribution is 2.50. The normalized spacial score (nSPS) is 14.7. The van der Waals surface area contributed by atoms with E-state index in [-0.39, 0.29) is 104 Å². The van der Waals surface area contributed by atoms with E-state index in [1.807, 2.05) is 25.1 Å². The summed E-state index contributed by atoms with van der Waals surface area (Å²) in [6, 6.07) is 22.1. The fraction of sp³-hybridized carbons (Fsp3) is 0.429. The van der Waals surface area contributed by atoms with Gasteiger partial charge in [0.2, 0.25) is 29.5 Å². The number of nitrogens with two attached hydrogens (primary N) is 2. The summed E-state index contributed by atoms with van der Waals surface area (Å²) in [5.74, 6) is -6.17. The number of carbonyl (C=O) groups excluding carboxylic acids is 8. The molecule has 3 heterocycles. The van der Waals surface area contributed by atoms with Crippen molar-refractivity contribution in [3.8, 4) is 0 Å². The molecule has 1 saturated carbocycles. The molecule has 3 aliphatic rings. The Morgan fingerprint density at radius 1 is 0.760 bits per heavy atom. The summed E-state index contributed by atoms with van der Waals surface area (Å²) in [6.07, 6.45) is 7.60. The fourth-order valence-corrected chi connectivity index (χ4v) is 15.0. The average Bonchev–Trinajstić information content (AvgIpc) is 1.58. The van der Waals surface area contributed by atoms with Crippen molar-refractivity contribution >= 4 is 90.2 Å². The number of hydrogen-bond donors (Lipinski definition) is 8. The van der Waals surface area contributed by atoms with Gasteiger partial charge in [-0.15, -0.1) is 0 Å². The number of aliphatic hydroxyl groups is 1. The van der Waals surface area contributed by atoms with Gasteiger partial charge in [0.15, 0.2) is 25.5 Å². The summed E-state index contributed by atoms with van der Waals surface area (Å²) in [6.45, 7) is 10.3. The maximum atomic E-state index is 14.5. The first-order valence-corrected chi connectivity index (χ1v) is 35.8. The number of pyridine rings is 1. The van der Waals surface area contributed by atoms with Crippen molar-refractivity contribution in [3.05, 3.63) is 153 Å². The lowest BCUT2D eigenvalue weighted by molar-refractivity contribution is -0.138. The number of Topliss-reactive ketones (excluding diaryl/α,β-unsaturated/α-hetero) is 1. The Hall–Kier alpha value is -9.14. The summed E-state index contributed by atoms with van der Waals surface area (Å²) in [4.78, 5) is 121. The zero-order valence-corrected chi connectivity index (χ0v) is 56.6. The predicted molar refractivity (Wildman–Crippen MR) is 364 cm³/mol. The van der Waals surface area contributed by atoms with Crippen molar-refractivity contribution in [1.82, 2.24) is 36.1 Å². The van der Waals surface area contributed by atoms with Crippen molar-refractivity contribution in [1.29, 1.82) is 0 Å². The smallest absolute Gasteiger partial charge is 0.312 e. The number of aliphatic imine (C=N–C) groups is 1. The lowest BCUT2D eigenvalue weighted by Crippen LogP contribution is -2.56. The molecule has 26 heteroatoms. The molecule has 1 aliphatic carbocycles. The van der Waals surface area contributed by atoms with Gasteiger partial charge >= 0.3 is 6.03 Å². The lowest BCUT2D eigenvalue weighted by Gasteiger charge is -2.33. The first-order chi connectivity index (χ1) is 45.7. The molecule has 24 nitrogen and oxygen atoms in total. The lowest BCUT2D eigenvalue weighted by atomic mass is 9.92. The van der Waals surface area contributed by atoms with Crippen LogP contribution in [0.25, 0.3) is 6.08 Å². The monoisotopic (exact) mass is 1350 g/mol. The molecular formula is C70H87N11O13S2. The topological polar surface area (TPSA) is 369 Å². The number of carbonyl (C=O) groups is 8. The van der Waals surface area contributed by atoms with Gasteiger partial charge in [-0.05, 0) is 130 Å². The molecule has 512 valence electrons. The number of sulfone groups is 2. The minimum absolute atomic E-state index is 0.0304. The van der Waals surface area contributed by atoms with Crippen molar-refractivity contribution in [3.63, 3.8) is 0 Å². The second-order valence-corrected chi connectivity index (χ2v) is 29.4. The first kappa shape index (κ1) is 72.7. The molecule has 0 saturated heterocycles. The van der Waals surface area contributed by atoms with Gasteiger partial charge in [0.1, 0.15) is 17.9 Å². The minimum Gasteiger partial charge on any atom is -0.395 e. The number of fused-ring (bicyclic) bond motifs is 2. The maximum absolute atomic E-state index is 14.5. The maximum Gasteiger partial charge on any atom is 0.312 e. The molecule has 0 unspecified atom stereocenters. The van der Waals surface area contributed by atoms with E-state index in [4.69, 9.17) is 11.5 Å². The van der Waals surface area contributed by atoms with Crippen LogP contribution in [0.15, 0.2) is 124 Å². The van der Waals surface area contributed by atoms with Gasteiger partial charge in [-0.2, -0.15) is 0 Å². The van der Waals surface area contributed by atoms with Crippen LogP contribution < -0.4 is 38.1 Å². The van der Waals surface area contributed by atoms with Crippen LogP contribution in [-0.4, -0.2) is 153 Å². The molecule has 0 bridgehead atoms. The molecule has 2 aliphatic heterocycles. The van der Waals surface area contributed by atoms with Gasteiger partial charge in [0.05, 0.1) is 56.8 Å². The van der Waals surface area contributed by atoms with Crippen LogP contribution in [0.3, 0.4) is 0 Å². The number of anilines is 1. The number of hydrogen-bond acceptors (Lipinski definition) is 16. The molecule has 8 rings (SSSR count). The van der Waals surface area contributed by atoms with Crippen molar-refractivity contribution in [2.45, 2.75) is 139 Å². The average molecular weight is 1350 g/mol. The molecule has 0 spiro atoms. The summed E-state index contributed by atoms with van der Waals surface area (Å²) >= 11 is 0. The molecule has 2 atom stereocenters. The first-order valence-electron chi connectivity index (χ1n) is 32.5. The Morgan fingerprint density at radius 3 is 2.00 bits per heavy atom. The van der Waals surface area contributed by atoms with E-state index in [2.05, 4.69) is 36.6 Å². The SMILES string of the molecule is CCCN(CCO)C(=O)C1=Cc2ccc(C3(C(=O)Nc4cnc5c(c4)CN(C(=O)[C@H](CCCNC(N)=O)NC(=O)[C@@H](NC(=O)CCCCCNC(=O)c4ccc(C(=O)C(CS(=O)(=O)c6ccc(C)cc6)CS(=O)(=O)c6ccc(C)cc6)cc4)C(C)C)CC5)CC3)cc2N=C(N)C1. The predicted octanol–water partition coefficient (Wildman–Crippen LogP) is 6.07. The fourth-order valence-electron chi connectivity index (χ4n) is 11.8. The number of amides is 8. The number of aliphatic hydroxyl groups excluding tert-OH is 1. The number of benzene rings is 4. The Labute approximate surface area is 560 Å². The van der Waals surface area contributed by atoms with E-state index in [1.54, 1.807) is 80.1 Å². The van der Waals surface area contributed by atoms with Crippen LogP contribution in [0.1, 0.15) is 139 Å². The van der Waals surface area contributed by atoms with Crippen molar-refractivity contribution in [2.24, 2.45) is 28.3 Å². The number of amidine groups is 1. The van der Waals surface area contributed by atoms with Crippen LogP contribution in [0.4, 0.5) is 16.2 Å². The van der Waals surface area contributed by atoms with Crippen molar-refractivity contribution in [2.75, 3.05) is 56.2 Å². The van der Waals surface area contributed by atoms with Crippen molar-refractivity contribution < 1.29 is 60.3 Å². The summed E-state index contributed by atoms with van der Waals surface area (Å²) < 4.78 is 54.4. The Bertz CT molecular complexity index is 3920. The summed E-state index contributed by atoms with van der Waals surface area (Å²) in [5, 5.41) is 23.7. The molecule has 4 aromatic carbocycles. The highest BCUT2D eigenvalue weighted by Gasteiger charge is 2.51. The highest BCUT2D eigenvalue weighted by molar-refractivity contribution is 7.92. The van der Waals surface area contributed by atoms with Crippen LogP contribution in [0.2, 0.25) is 0 Å². The van der Waals surface area contributed by atoms with Gasteiger partial charge in [-0.25, -0.2) is 26.6 Å². The zero-order chi connectivity index (χ0) is 69.5. The van der Waals surface area contributed by atoms with Gasteiger partial charge in [0.25, 0.3) is 5.91 Å². The molecule has 5 aromatic rings. The van der Waals surface area contributed by atoms with E-state index in [1.165, 1.54) is 48.5 Å². The second kappa shape index (κ2) is 32.5. The molecule has 1 aromatic heterocycles. The minimum atomic E-state index is -4.11. The number of rotatable bonds is 32. The molecule has 1 fully saturated rings. The van der Waals surface area contributed by atoms with E-state index in [0.717, 1.165) is 28.8 Å². The number of primary amides is 1. The number of unbranched alkanes of at least 4 members (excludes halogenated alkanes) is 2. The molecule has 96 heavy (non-hydrogen) atoms. The number of aromatic nitrogens is 1. The third-order valence-electron chi connectivity index (χ3n) is 17.4. The molecular weight excluding hydrogens is 1270 g/mol. The third-order valence-corrected chi connectivity index (χ3v) is 21.0. The van der Waals surface area contributed by atoms with E-state index >= 15 is 0 Å².